The number of rotatable bonds is 8. The molecule has 1 saturated carbocycles. The van der Waals surface area contributed by atoms with Gasteiger partial charge in [-0.15, -0.1) is 0 Å². The van der Waals surface area contributed by atoms with Crippen LogP contribution in [0.3, 0.4) is 0 Å². The molecule has 9 nitrogen and oxygen atoms in total. The normalized spacial score (nSPS) is 17.5. The summed E-state index contributed by atoms with van der Waals surface area (Å²) in [5, 5.41) is 8.35. The van der Waals surface area contributed by atoms with Crippen molar-refractivity contribution in [3.8, 4) is 0 Å². The van der Waals surface area contributed by atoms with Gasteiger partial charge in [0.05, 0.1) is 12.1 Å². The van der Waals surface area contributed by atoms with Crippen LogP contribution < -0.4 is 21.5 Å². The summed E-state index contributed by atoms with van der Waals surface area (Å²) in [4.78, 5) is 50.1. The summed E-state index contributed by atoms with van der Waals surface area (Å²) >= 11 is 0. The number of ether oxygens (including phenoxy) is 1. The van der Waals surface area contributed by atoms with Crippen LogP contribution in [0, 0.1) is 5.92 Å². The average molecular weight is 511 g/mol. The number of aromatic nitrogens is 1. The summed E-state index contributed by atoms with van der Waals surface area (Å²) in [5.74, 6) is -0.407. The molecule has 1 aliphatic carbocycles. The first kappa shape index (κ1) is 28.0. The van der Waals surface area contributed by atoms with Gasteiger partial charge in [0, 0.05) is 25.8 Å². The summed E-state index contributed by atoms with van der Waals surface area (Å²) < 4.78 is 6.73. The van der Waals surface area contributed by atoms with E-state index in [-0.39, 0.29) is 35.7 Å². The molecule has 9 heteroatoms. The number of hydrogen-bond acceptors (Lipinski definition) is 5. The lowest BCUT2D eigenvalue weighted by Crippen LogP contribution is -2.41. The number of carbonyl (C=O) groups excluding carboxylic acids is 3. The first-order valence-electron chi connectivity index (χ1n) is 12.8. The average Bonchev–Trinajstić information content (AvgIpc) is 2.85. The third-order valence-electron chi connectivity index (χ3n) is 6.42. The molecule has 1 heterocycles. The number of nitrogens with zero attached hydrogens (tertiary/aromatic N) is 1. The molecule has 0 spiro atoms. The summed E-state index contributed by atoms with van der Waals surface area (Å²) in [6, 6.07) is 10.9. The number of carbonyl (C=O) groups is 3. The summed E-state index contributed by atoms with van der Waals surface area (Å²) in [6.45, 7) is 6.27. The predicted octanol–water partition coefficient (Wildman–Crippen LogP) is 3.46. The second kappa shape index (κ2) is 12.6. The van der Waals surface area contributed by atoms with Crippen molar-refractivity contribution in [2.45, 2.75) is 71.1 Å². The quantitative estimate of drug-likeness (QED) is 0.503. The van der Waals surface area contributed by atoms with Crippen molar-refractivity contribution in [3.05, 3.63) is 69.6 Å². The van der Waals surface area contributed by atoms with E-state index >= 15 is 0 Å². The lowest BCUT2D eigenvalue weighted by molar-refractivity contribution is 0.0486. The minimum Gasteiger partial charge on any atom is -0.444 e. The van der Waals surface area contributed by atoms with Crippen molar-refractivity contribution < 1.29 is 19.1 Å². The number of amides is 3. The van der Waals surface area contributed by atoms with Crippen LogP contribution in [0.5, 0.6) is 0 Å². The van der Waals surface area contributed by atoms with Gasteiger partial charge in [-0.25, -0.2) is 4.79 Å². The van der Waals surface area contributed by atoms with E-state index in [1.165, 1.54) is 23.9 Å². The molecule has 0 aliphatic heterocycles. The maximum Gasteiger partial charge on any atom is 0.407 e. The van der Waals surface area contributed by atoms with E-state index in [1.807, 2.05) is 51.1 Å². The Hall–Kier alpha value is -3.62. The van der Waals surface area contributed by atoms with Crippen LogP contribution in [-0.2, 0) is 11.3 Å². The fraction of sp³-hybridized carbons (Fsp3) is 0.500. The molecule has 200 valence electrons. The van der Waals surface area contributed by atoms with Gasteiger partial charge in [-0.05, 0) is 70.4 Å². The largest absolute Gasteiger partial charge is 0.444 e. The highest BCUT2D eigenvalue weighted by molar-refractivity contribution is 5.99. The van der Waals surface area contributed by atoms with Crippen LogP contribution in [0.4, 0.5) is 4.79 Å². The summed E-state index contributed by atoms with van der Waals surface area (Å²) in [6.07, 6.45) is 5.60. The van der Waals surface area contributed by atoms with E-state index in [2.05, 4.69) is 16.0 Å². The third kappa shape index (κ3) is 8.48. The maximum absolute atomic E-state index is 12.9. The van der Waals surface area contributed by atoms with Crippen LogP contribution in [0.15, 0.2) is 47.4 Å². The molecule has 0 bridgehead atoms. The lowest BCUT2D eigenvalue weighted by atomic mass is 9.84. The fourth-order valence-corrected chi connectivity index (χ4v) is 4.52. The minimum atomic E-state index is -0.529. The molecule has 3 rings (SSSR count). The van der Waals surface area contributed by atoms with Gasteiger partial charge in [0.15, 0.2) is 0 Å². The highest BCUT2D eigenvalue weighted by Gasteiger charge is 2.25. The second-order valence-corrected chi connectivity index (χ2v) is 10.5. The van der Waals surface area contributed by atoms with Gasteiger partial charge in [-0.3, -0.25) is 14.4 Å². The van der Waals surface area contributed by atoms with Crippen molar-refractivity contribution in [1.29, 1.82) is 0 Å². The molecular weight excluding hydrogens is 472 g/mol. The Morgan fingerprint density at radius 3 is 2.32 bits per heavy atom. The van der Waals surface area contributed by atoms with Crippen LogP contribution in [0.25, 0.3) is 0 Å². The van der Waals surface area contributed by atoms with E-state index in [9.17, 15) is 19.2 Å². The van der Waals surface area contributed by atoms with Crippen LogP contribution in [-0.4, -0.2) is 47.7 Å². The maximum atomic E-state index is 12.9. The molecule has 1 aliphatic rings. The van der Waals surface area contributed by atoms with Gasteiger partial charge in [-0.1, -0.05) is 30.3 Å². The minimum absolute atomic E-state index is 0.0677. The predicted molar refractivity (Wildman–Crippen MR) is 142 cm³/mol. The van der Waals surface area contributed by atoms with Crippen molar-refractivity contribution >= 4 is 17.9 Å². The molecule has 1 aromatic carbocycles. The zero-order valence-corrected chi connectivity index (χ0v) is 22.1. The summed E-state index contributed by atoms with van der Waals surface area (Å²) in [7, 11) is 1.45. The van der Waals surface area contributed by atoms with E-state index in [4.69, 9.17) is 4.74 Å². The van der Waals surface area contributed by atoms with E-state index in [0.29, 0.717) is 12.5 Å². The van der Waals surface area contributed by atoms with Crippen molar-refractivity contribution in [2.24, 2.45) is 5.92 Å². The Bertz CT molecular complexity index is 1150. The number of pyridine rings is 1. The molecule has 3 amide bonds. The van der Waals surface area contributed by atoms with E-state index < -0.39 is 17.1 Å². The van der Waals surface area contributed by atoms with Crippen LogP contribution in [0.2, 0.25) is 0 Å². The topological polar surface area (TPSA) is 119 Å². The van der Waals surface area contributed by atoms with Crippen molar-refractivity contribution in [2.75, 3.05) is 13.6 Å². The molecule has 3 N–H and O–H groups in total. The molecular formula is C28H38N4O5. The van der Waals surface area contributed by atoms with Gasteiger partial charge in [-0.2, -0.15) is 0 Å². The molecule has 0 atom stereocenters. The molecule has 2 aromatic rings. The van der Waals surface area contributed by atoms with Crippen molar-refractivity contribution in [3.63, 3.8) is 0 Å². The Balaban J connectivity index is 1.55. The highest BCUT2D eigenvalue weighted by Crippen LogP contribution is 2.26. The Morgan fingerprint density at radius 2 is 1.70 bits per heavy atom. The van der Waals surface area contributed by atoms with Gasteiger partial charge in [0.25, 0.3) is 17.4 Å². The van der Waals surface area contributed by atoms with E-state index in [1.54, 1.807) is 0 Å². The lowest BCUT2D eigenvalue weighted by Gasteiger charge is -2.30. The summed E-state index contributed by atoms with van der Waals surface area (Å²) in [5.41, 5.74) is 0.120. The number of hydrogen-bond donors (Lipinski definition) is 3. The molecule has 0 saturated heterocycles. The molecule has 1 fully saturated rings. The second-order valence-electron chi connectivity index (χ2n) is 10.5. The molecule has 1 aromatic heterocycles. The fourth-order valence-electron chi connectivity index (χ4n) is 4.52. The number of alkyl carbamates (subject to hydrolysis) is 1. The Kier molecular flexibility index (Phi) is 9.49. The van der Waals surface area contributed by atoms with Gasteiger partial charge in [0.2, 0.25) is 0 Å². The molecule has 37 heavy (non-hydrogen) atoms. The van der Waals surface area contributed by atoms with Crippen LogP contribution in [0.1, 0.15) is 79.2 Å². The first-order valence-corrected chi connectivity index (χ1v) is 12.8. The smallest absolute Gasteiger partial charge is 0.407 e. The molecule has 0 radical (unpaired) electrons. The van der Waals surface area contributed by atoms with Gasteiger partial charge < -0.3 is 25.3 Å². The van der Waals surface area contributed by atoms with Gasteiger partial charge >= 0.3 is 6.09 Å². The van der Waals surface area contributed by atoms with Gasteiger partial charge in [0.1, 0.15) is 11.2 Å². The number of benzene rings is 1. The zero-order chi connectivity index (χ0) is 27.0. The first-order chi connectivity index (χ1) is 17.6. The van der Waals surface area contributed by atoms with Crippen LogP contribution >= 0.6 is 0 Å². The monoisotopic (exact) mass is 510 g/mol. The standard InChI is InChI=1S/C28H38N4O5/c1-28(2,3)37-27(36)31-22-12-10-19(11-13-22)14-15-30-24(33)21-16-23(25(34)29-4)26(35)32(18-21)17-20-8-6-5-7-9-20/h5-9,16,18-19,22H,10-15,17H2,1-4H3,(H,29,34)(H,30,33)(H,31,36)/t19-,22+. The highest BCUT2D eigenvalue weighted by atomic mass is 16.6. The van der Waals surface area contributed by atoms with E-state index in [0.717, 1.165) is 37.7 Å². The van der Waals surface area contributed by atoms with Crippen molar-refractivity contribution in [1.82, 2.24) is 20.5 Å². The Labute approximate surface area is 218 Å². The SMILES string of the molecule is CNC(=O)c1cc(C(=O)NCC[C@H]2CC[C@@H](NC(=O)OC(C)(C)C)CC2)cn(Cc2ccccc2)c1=O. The zero-order valence-electron chi connectivity index (χ0n) is 22.1. The Morgan fingerprint density at radius 1 is 1.03 bits per heavy atom. The molecule has 0 unspecified atom stereocenters. The third-order valence-corrected chi connectivity index (χ3v) is 6.42. The number of nitrogens with one attached hydrogen (secondary N) is 3.